The van der Waals surface area contributed by atoms with E-state index in [1.54, 1.807) is 11.9 Å². The Hall–Kier alpha value is -1.32. The number of carbonyl (C=O) groups excluding carboxylic acids is 1. The van der Waals surface area contributed by atoms with Crippen LogP contribution < -0.4 is 0 Å². The van der Waals surface area contributed by atoms with Gasteiger partial charge in [0.2, 0.25) is 5.91 Å². The number of carboxylic acids is 1. The second kappa shape index (κ2) is 3.92. The van der Waals surface area contributed by atoms with Crippen LogP contribution in [-0.4, -0.2) is 35.5 Å². The van der Waals surface area contributed by atoms with E-state index in [4.69, 9.17) is 0 Å². The van der Waals surface area contributed by atoms with Crippen LogP contribution in [0, 0.1) is 23.7 Å². The van der Waals surface area contributed by atoms with Crippen molar-refractivity contribution in [3.63, 3.8) is 0 Å². The molecule has 0 aromatic rings. The smallest absolute Gasteiger partial charge is 0.307 e. The Labute approximate surface area is 94.9 Å². The third-order valence-electron chi connectivity index (χ3n) is 3.88. The lowest BCUT2D eigenvalue weighted by molar-refractivity contribution is -0.150. The Kier molecular flexibility index (Phi) is 2.74. The van der Waals surface area contributed by atoms with Crippen molar-refractivity contribution >= 4 is 11.9 Å². The first-order valence-electron chi connectivity index (χ1n) is 5.72. The lowest BCUT2D eigenvalue weighted by atomic mass is 9.82. The normalized spacial score (nSPS) is 35.4. The summed E-state index contributed by atoms with van der Waals surface area (Å²) in [6.45, 7) is 2.53. The fourth-order valence-electron chi connectivity index (χ4n) is 2.91. The van der Waals surface area contributed by atoms with Gasteiger partial charge in [-0.2, -0.15) is 0 Å². The van der Waals surface area contributed by atoms with Crippen LogP contribution in [0.4, 0.5) is 0 Å². The van der Waals surface area contributed by atoms with Gasteiger partial charge in [0.25, 0.3) is 0 Å². The van der Waals surface area contributed by atoms with E-state index in [1.165, 1.54) is 0 Å². The number of carbonyl (C=O) groups is 2. The molecule has 0 aromatic carbocycles. The Balaban J connectivity index is 2.23. The van der Waals surface area contributed by atoms with E-state index in [0.717, 1.165) is 6.42 Å². The molecule has 0 radical (unpaired) electrons. The summed E-state index contributed by atoms with van der Waals surface area (Å²) < 4.78 is 0. The first-order valence-corrected chi connectivity index (χ1v) is 5.72. The number of hydrogen-bond acceptors (Lipinski definition) is 2. The quantitative estimate of drug-likeness (QED) is 0.726. The van der Waals surface area contributed by atoms with E-state index < -0.39 is 11.9 Å². The summed E-state index contributed by atoms with van der Waals surface area (Å²) in [5.74, 6) is -1.53. The van der Waals surface area contributed by atoms with Gasteiger partial charge in [0.05, 0.1) is 11.8 Å². The van der Waals surface area contributed by atoms with Gasteiger partial charge in [-0.15, -0.1) is 0 Å². The highest BCUT2D eigenvalue weighted by Crippen LogP contribution is 2.48. The maximum Gasteiger partial charge on any atom is 0.307 e. The Morgan fingerprint density at radius 1 is 1.31 bits per heavy atom. The first kappa shape index (κ1) is 11.2. The maximum absolute atomic E-state index is 12.1. The molecule has 1 N–H and O–H groups in total. The number of fused-ring (bicyclic) bond motifs is 2. The largest absolute Gasteiger partial charge is 0.481 e. The lowest BCUT2D eigenvalue weighted by Gasteiger charge is -2.27. The van der Waals surface area contributed by atoms with Gasteiger partial charge in [0.15, 0.2) is 0 Å². The average molecular weight is 223 g/mol. The molecule has 16 heavy (non-hydrogen) atoms. The minimum atomic E-state index is -0.834. The molecule has 4 nitrogen and oxygen atoms in total. The zero-order valence-electron chi connectivity index (χ0n) is 9.59. The third-order valence-corrected chi connectivity index (χ3v) is 3.88. The molecule has 1 saturated carbocycles. The second-order valence-electron chi connectivity index (χ2n) is 4.69. The van der Waals surface area contributed by atoms with Crippen molar-refractivity contribution in [3.05, 3.63) is 12.2 Å². The van der Waals surface area contributed by atoms with Gasteiger partial charge in [0, 0.05) is 13.6 Å². The molecule has 0 saturated heterocycles. The Bertz CT molecular complexity index is 350. The van der Waals surface area contributed by atoms with E-state index in [2.05, 4.69) is 0 Å². The second-order valence-corrected chi connectivity index (χ2v) is 4.69. The molecule has 2 rings (SSSR count). The van der Waals surface area contributed by atoms with E-state index in [9.17, 15) is 14.7 Å². The predicted octanol–water partition coefficient (Wildman–Crippen LogP) is 0.988. The minimum absolute atomic E-state index is 0.0215. The van der Waals surface area contributed by atoms with Crippen LogP contribution >= 0.6 is 0 Å². The SMILES string of the molecule is CCN(C)C(=O)[C@H]1C2C=CC(C2)[C@H]1C(=O)O. The van der Waals surface area contributed by atoms with Crippen molar-refractivity contribution in [2.75, 3.05) is 13.6 Å². The summed E-state index contributed by atoms with van der Waals surface area (Å²) in [6.07, 6.45) is 4.79. The Morgan fingerprint density at radius 3 is 2.38 bits per heavy atom. The van der Waals surface area contributed by atoms with Crippen molar-refractivity contribution < 1.29 is 14.7 Å². The molecule has 1 fully saturated rings. The highest BCUT2D eigenvalue weighted by molar-refractivity contribution is 5.86. The van der Waals surface area contributed by atoms with Crippen LogP contribution in [0.15, 0.2) is 12.2 Å². The lowest BCUT2D eigenvalue weighted by Crippen LogP contribution is -2.41. The van der Waals surface area contributed by atoms with Gasteiger partial charge in [-0.25, -0.2) is 0 Å². The molecular weight excluding hydrogens is 206 g/mol. The number of rotatable bonds is 3. The molecule has 1 amide bonds. The van der Waals surface area contributed by atoms with Crippen molar-refractivity contribution in [1.29, 1.82) is 0 Å². The zero-order chi connectivity index (χ0) is 11.9. The minimum Gasteiger partial charge on any atom is -0.481 e. The first-order chi connectivity index (χ1) is 7.56. The monoisotopic (exact) mass is 223 g/mol. The van der Waals surface area contributed by atoms with Crippen molar-refractivity contribution in [2.24, 2.45) is 23.7 Å². The summed E-state index contributed by atoms with van der Waals surface area (Å²) >= 11 is 0. The fourth-order valence-corrected chi connectivity index (χ4v) is 2.91. The number of carboxylic acid groups (broad SMARTS) is 1. The molecular formula is C12H17NO3. The van der Waals surface area contributed by atoms with E-state index in [-0.39, 0.29) is 23.7 Å². The number of hydrogen-bond donors (Lipinski definition) is 1. The number of aliphatic carboxylic acids is 1. The summed E-state index contributed by atoms with van der Waals surface area (Å²) in [6, 6.07) is 0. The van der Waals surface area contributed by atoms with Crippen molar-refractivity contribution in [2.45, 2.75) is 13.3 Å². The van der Waals surface area contributed by atoms with Gasteiger partial charge in [-0.3, -0.25) is 9.59 Å². The molecule has 4 atom stereocenters. The fraction of sp³-hybridized carbons (Fsp3) is 0.667. The van der Waals surface area contributed by atoms with Gasteiger partial charge in [-0.05, 0) is 25.2 Å². The molecule has 2 bridgehead atoms. The van der Waals surface area contributed by atoms with E-state index >= 15 is 0 Å². The van der Waals surface area contributed by atoms with Crippen LogP contribution in [0.2, 0.25) is 0 Å². The standard InChI is InChI=1S/C12H17NO3/c1-3-13(2)11(14)9-7-4-5-8(6-7)10(9)12(15)16/h4-5,7-10H,3,6H2,1-2H3,(H,15,16)/t7?,8?,9-,10+/m0/s1. The van der Waals surface area contributed by atoms with Crippen LogP contribution in [0.1, 0.15) is 13.3 Å². The molecule has 2 aliphatic rings. The summed E-state index contributed by atoms with van der Waals surface area (Å²) in [5, 5.41) is 9.20. The summed E-state index contributed by atoms with van der Waals surface area (Å²) in [4.78, 5) is 24.9. The van der Waals surface area contributed by atoms with E-state index in [1.807, 2.05) is 19.1 Å². The molecule has 88 valence electrons. The van der Waals surface area contributed by atoms with Crippen molar-refractivity contribution in [3.8, 4) is 0 Å². The van der Waals surface area contributed by atoms with Gasteiger partial charge in [0.1, 0.15) is 0 Å². The van der Waals surface area contributed by atoms with Crippen molar-refractivity contribution in [1.82, 2.24) is 4.90 Å². The molecule has 4 heteroatoms. The maximum atomic E-state index is 12.1. The van der Waals surface area contributed by atoms with Crippen LogP contribution in [0.3, 0.4) is 0 Å². The molecule has 0 heterocycles. The molecule has 0 spiro atoms. The third kappa shape index (κ3) is 1.52. The highest BCUT2D eigenvalue weighted by atomic mass is 16.4. The molecule has 0 aromatic heterocycles. The molecule has 0 aliphatic heterocycles. The number of amides is 1. The zero-order valence-corrected chi connectivity index (χ0v) is 9.59. The van der Waals surface area contributed by atoms with Gasteiger partial charge >= 0.3 is 5.97 Å². The van der Waals surface area contributed by atoms with Crippen LogP contribution in [0.5, 0.6) is 0 Å². The van der Waals surface area contributed by atoms with Gasteiger partial charge in [-0.1, -0.05) is 12.2 Å². The van der Waals surface area contributed by atoms with Crippen LogP contribution in [-0.2, 0) is 9.59 Å². The number of nitrogens with zero attached hydrogens (tertiary/aromatic N) is 1. The molecule has 2 unspecified atom stereocenters. The topological polar surface area (TPSA) is 57.6 Å². The van der Waals surface area contributed by atoms with Gasteiger partial charge < -0.3 is 10.0 Å². The predicted molar refractivity (Wildman–Crippen MR) is 58.7 cm³/mol. The summed E-state index contributed by atoms with van der Waals surface area (Å²) in [5.41, 5.74) is 0. The highest BCUT2D eigenvalue weighted by Gasteiger charge is 2.52. The number of allylic oxidation sites excluding steroid dienone is 2. The summed E-state index contributed by atoms with van der Waals surface area (Å²) in [7, 11) is 1.73. The van der Waals surface area contributed by atoms with E-state index in [0.29, 0.717) is 6.54 Å². The van der Waals surface area contributed by atoms with Crippen LogP contribution in [0.25, 0.3) is 0 Å². The molecule has 2 aliphatic carbocycles. The average Bonchev–Trinajstić information content (AvgIpc) is 2.85. The Morgan fingerprint density at radius 2 is 1.88 bits per heavy atom.